The molecular weight excluding hydrogens is 348 g/mol. The van der Waals surface area contributed by atoms with Crippen LogP contribution < -0.4 is 16.4 Å². The van der Waals surface area contributed by atoms with E-state index in [2.05, 4.69) is 10.6 Å². The van der Waals surface area contributed by atoms with Crippen molar-refractivity contribution in [2.45, 2.75) is 25.3 Å². The topological polar surface area (TPSA) is 127 Å². The minimum atomic E-state index is -0.737. The van der Waals surface area contributed by atoms with E-state index in [0.717, 1.165) is 6.42 Å². The van der Waals surface area contributed by atoms with E-state index in [9.17, 15) is 19.7 Å². The first-order valence-corrected chi connectivity index (χ1v) is 8.62. The van der Waals surface area contributed by atoms with Crippen molar-refractivity contribution in [3.63, 3.8) is 0 Å². The average Bonchev–Trinajstić information content (AvgIpc) is 2.68. The van der Waals surface area contributed by atoms with Crippen LogP contribution in [0.4, 0.5) is 11.4 Å². The summed E-state index contributed by atoms with van der Waals surface area (Å²) in [7, 11) is 0. The highest BCUT2D eigenvalue weighted by molar-refractivity contribution is 6.01. The molecule has 2 amide bonds. The molecule has 2 aromatic rings. The van der Waals surface area contributed by atoms with E-state index in [-0.39, 0.29) is 17.5 Å². The van der Waals surface area contributed by atoms with Gasteiger partial charge < -0.3 is 16.4 Å². The fourth-order valence-electron chi connectivity index (χ4n) is 2.49. The minimum Gasteiger partial charge on any atom is -0.340 e. The smallest absolute Gasteiger partial charge is 0.269 e. The summed E-state index contributed by atoms with van der Waals surface area (Å²) in [6.07, 6.45) is 1.86. The molecule has 2 aromatic carbocycles. The van der Waals surface area contributed by atoms with Crippen molar-refractivity contribution < 1.29 is 14.5 Å². The van der Waals surface area contributed by atoms with Gasteiger partial charge in [0.05, 0.1) is 4.92 Å². The van der Waals surface area contributed by atoms with E-state index >= 15 is 0 Å². The van der Waals surface area contributed by atoms with Crippen molar-refractivity contribution in [3.05, 3.63) is 70.3 Å². The van der Waals surface area contributed by atoms with Crippen LogP contribution in [-0.2, 0) is 4.79 Å². The Balaban J connectivity index is 2.06. The van der Waals surface area contributed by atoms with Crippen LogP contribution in [0.3, 0.4) is 0 Å². The zero-order chi connectivity index (χ0) is 19.6. The summed E-state index contributed by atoms with van der Waals surface area (Å²) in [5.74, 6) is -0.725. The second-order valence-corrected chi connectivity index (χ2v) is 5.97. The van der Waals surface area contributed by atoms with Crippen LogP contribution in [0, 0.1) is 10.1 Å². The Morgan fingerprint density at radius 1 is 1.04 bits per heavy atom. The molecule has 27 heavy (non-hydrogen) atoms. The predicted molar refractivity (Wildman–Crippen MR) is 102 cm³/mol. The third-order valence-electron chi connectivity index (χ3n) is 3.95. The van der Waals surface area contributed by atoms with Gasteiger partial charge in [-0.3, -0.25) is 19.7 Å². The van der Waals surface area contributed by atoms with Gasteiger partial charge >= 0.3 is 0 Å². The van der Waals surface area contributed by atoms with E-state index < -0.39 is 11.0 Å². The first kappa shape index (κ1) is 20.1. The summed E-state index contributed by atoms with van der Waals surface area (Å²) in [6, 6.07) is 13.4. The van der Waals surface area contributed by atoms with Crippen LogP contribution in [0.5, 0.6) is 0 Å². The number of nitrogens with one attached hydrogen (secondary N) is 2. The van der Waals surface area contributed by atoms with Crippen LogP contribution in [0.1, 0.15) is 29.6 Å². The third kappa shape index (κ3) is 6.19. The molecule has 4 N–H and O–H groups in total. The second kappa shape index (κ2) is 10.0. The Kier molecular flexibility index (Phi) is 7.45. The quantitative estimate of drug-likeness (QED) is 0.355. The lowest BCUT2D eigenvalue weighted by Gasteiger charge is -2.18. The fourth-order valence-corrected chi connectivity index (χ4v) is 2.49. The first-order chi connectivity index (χ1) is 13.0. The molecule has 0 saturated carbocycles. The second-order valence-electron chi connectivity index (χ2n) is 5.97. The standard InChI is InChI=1S/C19H22N4O4/c20-13-5-4-8-17(22-18(24)14-6-2-1-3-7-14)19(25)21-15-9-11-16(12-10-15)23(26)27/h1-3,6-7,9-12,17H,4-5,8,13,20H2,(H,21,25)(H,22,24)/t17-/m0/s1. The molecular formula is C19H22N4O4. The average molecular weight is 370 g/mol. The molecule has 0 aliphatic rings. The van der Waals surface area contributed by atoms with E-state index in [0.29, 0.717) is 30.6 Å². The van der Waals surface area contributed by atoms with Crippen LogP contribution in [0.2, 0.25) is 0 Å². The van der Waals surface area contributed by atoms with Gasteiger partial charge in [0.1, 0.15) is 6.04 Å². The van der Waals surface area contributed by atoms with Crippen molar-refractivity contribution in [1.82, 2.24) is 5.32 Å². The van der Waals surface area contributed by atoms with Gasteiger partial charge in [0.25, 0.3) is 11.6 Å². The van der Waals surface area contributed by atoms with Crippen LogP contribution >= 0.6 is 0 Å². The first-order valence-electron chi connectivity index (χ1n) is 8.62. The zero-order valence-electron chi connectivity index (χ0n) is 14.8. The van der Waals surface area contributed by atoms with Crippen molar-refractivity contribution in [3.8, 4) is 0 Å². The molecule has 0 heterocycles. The molecule has 8 nitrogen and oxygen atoms in total. The minimum absolute atomic E-state index is 0.0649. The molecule has 8 heteroatoms. The highest BCUT2D eigenvalue weighted by Crippen LogP contribution is 2.16. The summed E-state index contributed by atoms with van der Waals surface area (Å²) in [5, 5.41) is 16.1. The van der Waals surface area contributed by atoms with Crippen molar-refractivity contribution in [2.75, 3.05) is 11.9 Å². The number of anilines is 1. The monoisotopic (exact) mass is 370 g/mol. The lowest BCUT2D eigenvalue weighted by atomic mass is 10.1. The zero-order valence-corrected chi connectivity index (χ0v) is 14.8. The summed E-state index contributed by atoms with van der Waals surface area (Å²) in [5.41, 5.74) is 6.32. The number of nitrogens with two attached hydrogens (primary N) is 1. The number of nitrogens with zero attached hydrogens (tertiary/aromatic N) is 1. The number of unbranched alkanes of at least 4 members (excludes halogenated alkanes) is 1. The molecule has 0 unspecified atom stereocenters. The highest BCUT2D eigenvalue weighted by Gasteiger charge is 2.21. The SMILES string of the molecule is NCCCC[C@H](NC(=O)c1ccccc1)C(=O)Nc1ccc([N+](=O)[O-])cc1. The van der Waals surface area contributed by atoms with Gasteiger partial charge in [-0.25, -0.2) is 0 Å². The normalized spacial score (nSPS) is 11.4. The lowest BCUT2D eigenvalue weighted by molar-refractivity contribution is -0.384. The third-order valence-corrected chi connectivity index (χ3v) is 3.95. The summed E-state index contributed by atoms with van der Waals surface area (Å²) in [6.45, 7) is 0.503. The van der Waals surface area contributed by atoms with Gasteiger partial charge in [0.2, 0.25) is 5.91 Å². The number of hydrogen-bond acceptors (Lipinski definition) is 5. The van der Waals surface area contributed by atoms with Crippen LogP contribution in [0.25, 0.3) is 0 Å². The number of rotatable bonds is 9. The van der Waals surface area contributed by atoms with Crippen molar-refractivity contribution >= 4 is 23.2 Å². The number of hydrogen-bond donors (Lipinski definition) is 3. The van der Waals surface area contributed by atoms with Gasteiger partial charge in [-0.2, -0.15) is 0 Å². The Morgan fingerprint density at radius 3 is 2.30 bits per heavy atom. The highest BCUT2D eigenvalue weighted by atomic mass is 16.6. The van der Waals surface area contributed by atoms with E-state index in [1.165, 1.54) is 24.3 Å². The molecule has 0 aliphatic carbocycles. The molecule has 142 valence electrons. The van der Waals surface area contributed by atoms with Gasteiger partial charge in [0.15, 0.2) is 0 Å². The Bertz CT molecular complexity index is 778. The lowest BCUT2D eigenvalue weighted by Crippen LogP contribution is -2.43. The van der Waals surface area contributed by atoms with E-state index in [4.69, 9.17) is 5.73 Å². The number of carbonyl (C=O) groups excluding carboxylic acids is 2. The molecule has 0 aliphatic heterocycles. The van der Waals surface area contributed by atoms with Gasteiger partial charge in [-0.05, 0) is 50.1 Å². The van der Waals surface area contributed by atoms with Crippen LogP contribution in [0.15, 0.2) is 54.6 Å². The number of nitro benzene ring substituents is 1. The summed E-state index contributed by atoms with van der Waals surface area (Å²) in [4.78, 5) is 35.2. The van der Waals surface area contributed by atoms with Gasteiger partial charge in [-0.1, -0.05) is 18.2 Å². The van der Waals surface area contributed by atoms with Crippen molar-refractivity contribution in [1.29, 1.82) is 0 Å². The van der Waals surface area contributed by atoms with E-state index in [1.54, 1.807) is 30.3 Å². The molecule has 0 saturated heterocycles. The Morgan fingerprint density at radius 2 is 1.70 bits per heavy atom. The molecule has 0 spiro atoms. The Hall–Kier alpha value is -3.26. The van der Waals surface area contributed by atoms with Gasteiger partial charge in [0, 0.05) is 23.4 Å². The maximum absolute atomic E-state index is 12.6. The van der Waals surface area contributed by atoms with Crippen LogP contribution in [-0.4, -0.2) is 29.3 Å². The summed E-state index contributed by atoms with van der Waals surface area (Å²) >= 11 is 0. The maximum Gasteiger partial charge on any atom is 0.269 e. The number of benzene rings is 2. The number of carbonyl (C=O) groups is 2. The van der Waals surface area contributed by atoms with Crippen molar-refractivity contribution in [2.24, 2.45) is 5.73 Å². The Labute approximate surface area is 156 Å². The number of amides is 2. The molecule has 0 fully saturated rings. The van der Waals surface area contributed by atoms with Gasteiger partial charge in [-0.15, -0.1) is 0 Å². The molecule has 0 aromatic heterocycles. The summed E-state index contributed by atoms with van der Waals surface area (Å²) < 4.78 is 0. The maximum atomic E-state index is 12.6. The largest absolute Gasteiger partial charge is 0.340 e. The molecule has 2 rings (SSSR count). The molecule has 1 atom stereocenters. The molecule has 0 bridgehead atoms. The fraction of sp³-hybridized carbons (Fsp3) is 0.263. The number of non-ortho nitro benzene ring substituents is 1. The van der Waals surface area contributed by atoms with E-state index in [1.807, 2.05) is 0 Å². The molecule has 0 radical (unpaired) electrons. The number of nitro groups is 1. The predicted octanol–water partition coefficient (Wildman–Crippen LogP) is 2.46.